The molecule has 0 atom stereocenters. The van der Waals surface area contributed by atoms with Gasteiger partial charge in [-0.25, -0.2) is 0 Å². The zero-order chi connectivity index (χ0) is 20.6. The van der Waals surface area contributed by atoms with E-state index in [-0.39, 0.29) is 5.91 Å². The van der Waals surface area contributed by atoms with E-state index < -0.39 is 0 Å². The number of nitrogens with zero attached hydrogens (tertiary/aromatic N) is 2. The first-order chi connectivity index (χ1) is 14.8. The number of anilines is 1. The summed E-state index contributed by atoms with van der Waals surface area (Å²) in [5.74, 6) is 0.811. The molecule has 160 valence electrons. The summed E-state index contributed by atoms with van der Waals surface area (Å²) in [5, 5.41) is 2.95. The lowest BCUT2D eigenvalue weighted by molar-refractivity contribution is 0.102. The van der Waals surface area contributed by atoms with Gasteiger partial charge in [0.05, 0.1) is 0 Å². The second kappa shape index (κ2) is 10.7. The van der Waals surface area contributed by atoms with Crippen molar-refractivity contribution in [3.63, 3.8) is 0 Å². The Kier molecular flexibility index (Phi) is 7.54. The number of hydrogen-bond acceptors (Lipinski definition) is 3. The second-order valence-corrected chi connectivity index (χ2v) is 8.95. The Balaban J connectivity index is 1.22. The van der Waals surface area contributed by atoms with Gasteiger partial charge in [-0.05, 0) is 87.6 Å². The molecule has 2 aromatic carbocycles. The van der Waals surface area contributed by atoms with Gasteiger partial charge in [-0.3, -0.25) is 9.69 Å². The zero-order valence-electron chi connectivity index (χ0n) is 18.1. The van der Waals surface area contributed by atoms with Crippen molar-refractivity contribution in [3.05, 3.63) is 65.7 Å². The lowest BCUT2D eigenvalue weighted by Crippen LogP contribution is -2.38. The zero-order valence-corrected chi connectivity index (χ0v) is 18.1. The molecule has 2 aromatic rings. The Morgan fingerprint density at radius 3 is 2.13 bits per heavy atom. The molecule has 0 saturated carbocycles. The van der Waals surface area contributed by atoms with Crippen LogP contribution in [0.4, 0.5) is 5.69 Å². The normalized spacial score (nSPS) is 19.3. The molecule has 0 aromatic heterocycles. The molecule has 2 fully saturated rings. The SMILES string of the molecule is O=C(Nc1ccccc1)c1ccc(CN2CCC(CN3CCCCCC3)CC2)cc1. The van der Waals surface area contributed by atoms with E-state index in [9.17, 15) is 4.79 Å². The first-order valence-electron chi connectivity index (χ1n) is 11.7. The van der Waals surface area contributed by atoms with Crippen LogP contribution in [0, 0.1) is 5.92 Å². The van der Waals surface area contributed by atoms with E-state index in [1.807, 2.05) is 42.5 Å². The van der Waals surface area contributed by atoms with Gasteiger partial charge in [-0.1, -0.05) is 43.2 Å². The molecule has 4 rings (SSSR count). The Labute approximate surface area is 181 Å². The maximum Gasteiger partial charge on any atom is 0.255 e. The van der Waals surface area contributed by atoms with Gasteiger partial charge in [0.25, 0.3) is 5.91 Å². The fourth-order valence-electron chi connectivity index (χ4n) is 4.76. The summed E-state index contributed by atoms with van der Waals surface area (Å²) in [7, 11) is 0. The molecular formula is C26H35N3O. The van der Waals surface area contributed by atoms with E-state index in [0.29, 0.717) is 5.56 Å². The van der Waals surface area contributed by atoms with Gasteiger partial charge < -0.3 is 10.2 Å². The minimum absolute atomic E-state index is 0.0536. The molecule has 2 saturated heterocycles. The maximum absolute atomic E-state index is 12.4. The monoisotopic (exact) mass is 405 g/mol. The molecule has 0 unspecified atom stereocenters. The van der Waals surface area contributed by atoms with E-state index in [0.717, 1.165) is 18.2 Å². The molecule has 2 heterocycles. The van der Waals surface area contributed by atoms with Crippen LogP contribution in [0.2, 0.25) is 0 Å². The molecule has 0 spiro atoms. The van der Waals surface area contributed by atoms with Crippen molar-refractivity contribution >= 4 is 11.6 Å². The number of amides is 1. The van der Waals surface area contributed by atoms with Crippen LogP contribution < -0.4 is 5.32 Å². The molecule has 2 aliphatic heterocycles. The van der Waals surface area contributed by atoms with Crippen molar-refractivity contribution in [2.45, 2.75) is 45.1 Å². The highest BCUT2D eigenvalue weighted by molar-refractivity contribution is 6.04. The number of rotatable bonds is 6. The van der Waals surface area contributed by atoms with Gasteiger partial charge in [0, 0.05) is 24.3 Å². The van der Waals surface area contributed by atoms with Crippen molar-refractivity contribution in [1.82, 2.24) is 9.80 Å². The van der Waals surface area contributed by atoms with Crippen LogP contribution >= 0.6 is 0 Å². The largest absolute Gasteiger partial charge is 0.322 e. The first kappa shape index (κ1) is 21.1. The maximum atomic E-state index is 12.4. The highest BCUT2D eigenvalue weighted by Crippen LogP contribution is 2.22. The van der Waals surface area contributed by atoms with Crippen LogP contribution in [0.3, 0.4) is 0 Å². The summed E-state index contributed by atoms with van der Waals surface area (Å²) >= 11 is 0. The van der Waals surface area contributed by atoms with Gasteiger partial charge in [0.1, 0.15) is 0 Å². The predicted octanol–water partition coefficient (Wildman–Crippen LogP) is 5.03. The van der Waals surface area contributed by atoms with Crippen LogP contribution in [0.1, 0.15) is 54.4 Å². The van der Waals surface area contributed by atoms with Crippen molar-refractivity contribution in [3.8, 4) is 0 Å². The Morgan fingerprint density at radius 1 is 0.800 bits per heavy atom. The smallest absolute Gasteiger partial charge is 0.255 e. The number of carbonyl (C=O) groups excluding carboxylic acids is 1. The molecule has 2 aliphatic rings. The average molecular weight is 406 g/mol. The Hall–Kier alpha value is -2.17. The number of likely N-dealkylation sites (tertiary alicyclic amines) is 2. The van der Waals surface area contributed by atoms with Crippen molar-refractivity contribution < 1.29 is 4.79 Å². The highest BCUT2D eigenvalue weighted by Gasteiger charge is 2.22. The minimum atomic E-state index is -0.0536. The Morgan fingerprint density at radius 2 is 1.47 bits per heavy atom. The third-order valence-electron chi connectivity index (χ3n) is 6.58. The fourth-order valence-corrected chi connectivity index (χ4v) is 4.76. The van der Waals surface area contributed by atoms with Crippen LogP contribution in [0.15, 0.2) is 54.6 Å². The van der Waals surface area contributed by atoms with Gasteiger partial charge >= 0.3 is 0 Å². The van der Waals surface area contributed by atoms with Gasteiger partial charge in [-0.15, -0.1) is 0 Å². The van der Waals surface area contributed by atoms with Gasteiger partial charge in [0.2, 0.25) is 0 Å². The molecule has 1 amide bonds. The number of piperidine rings is 1. The quantitative estimate of drug-likeness (QED) is 0.732. The lowest BCUT2D eigenvalue weighted by atomic mass is 9.95. The second-order valence-electron chi connectivity index (χ2n) is 8.95. The minimum Gasteiger partial charge on any atom is -0.322 e. The molecule has 4 heteroatoms. The summed E-state index contributed by atoms with van der Waals surface area (Å²) in [5.41, 5.74) is 2.82. The summed E-state index contributed by atoms with van der Waals surface area (Å²) in [6, 6.07) is 17.7. The van der Waals surface area contributed by atoms with Crippen molar-refractivity contribution in [1.29, 1.82) is 0 Å². The summed E-state index contributed by atoms with van der Waals surface area (Å²) in [6.45, 7) is 7.29. The van der Waals surface area contributed by atoms with Crippen molar-refractivity contribution in [2.24, 2.45) is 5.92 Å². The molecule has 0 bridgehead atoms. The topological polar surface area (TPSA) is 35.6 Å². The molecular weight excluding hydrogens is 370 g/mol. The fraction of sp³-hybridized carbons (Fsp3) is 0.500. The van der Waals surface area contributed by atoms with Gasteiger partial charge in [-0.2, -0.15) is 0 Å². The van der Waals surface area contributed by atoms with E-state index in [4.69, 9.17) is 0 Å². The summed E-state index contributed by atoms with van der Waals surface area (Å²) in [6.07, 6.45) is 8.24. The first-order valence-corrected chi connectivity index (χ1v) is 11.7. The molecule has 4 nitrogen and oxygen atoms in total. The number of carbonyl (C=O) groups is 1. The number of nitrogens with one attached hydrogen (secondary N) is 1. The number of para-hydroxylation sites is 1. The predicted molar refractivity (Wildman–Crippen MR) is 124 cm³/mol. The van der Waals surface area contributed by atoms with E-state index in [1.54, 1.807) is 0 Å². The molecule has 0 radical (unpaired) electrons. The van der Waals surface area contributed by atoms with E-state index in [2.05, 4.69) is 27.2 Å². The molecule has 30 heavy (non-hydrogen) atoms. The van der Waals surface area contributed by atoms with Crippen LogP contribution in [-0.4, -0.2) is 48.4 Å². The molecule has 1 N–H and O–H groups in total. The van der Waals surface area contributed by atoms with Crippen LogP contribution in [0.25, 0.3) is 0 Å². The van der Waals surface area contributed by atoms with Gasteiger partial charge in [0.15, 0.2) is 0 Å². The average Bonchev–Trinajstić information content (AvgIpc) is 3.05. The summed E-state index contributed by atoms with van der Waals surface area (Å²) in [4.78, 5) is 17.7. The van der Waals surface area contributed by atoms with Crippen LogP contribution in [-0.2, 0) is 6.54 Å². The van der Waals surface area contributed by atoms with E-state index in [1.165, 1.54) is 76.8 Å². The summed E-state index contributed by atoms with van der Waals surface area (Å²) < 4.78 is 0. The third kappa shape index (κ3) is 6.16. The number of hydrogen-bond donors (Lipinski definition) is 1. The van der Waals surface area contributed by atoms with Crippen LogP contribution in [0.5, 0.6) is 0 Å². The highest BCUT2D eigenvalue weighted by atomic mass is 16.1. The standard InChI is InChI=1S/C26H35N3O/c30-26(27-25-8-4-3-5-9-25)24-12-10-22(11-13-24)20-29-18-14-23(15-19-29)21-28-16-6-1-2-7-17-28/h3-5,8-13,23H,1-2,6-7,14-21H2,(H,27,30). The Bertz CT molecular complexity index is 774. The lowest BCUT2D eigenvalue weighted by Gasteiger charge is -2.34. The third-order valence-corrected chi connectivity index (χ3v) is 6.58. The van der Waals surface area contributed by atoms with Crippen molar-refractivity contribution in [2.75, 3.05) is 38.0 Å². The van der Waals surface area contributed by atoms with E-state index >= 15 is 0 Å². The number of benzene rings is 2. The molecule has 0 aliphatic carbocycles.